The van der Waals surface area contributed by atoms with Crippen molar-refractivity contribution in [1.82, 2.24) is 5.32 Å². The molecule has 0 aliphatic carbocycles. The first-order chi connectivity index (χ1) is 8.18. The number of aliphatic hydroxyl groups is 4. The Balaban J connectivity index is 2.74. The molecule has 0 saturated carbocycles. The van der Waals surface area contributed by atoms with Crippen molar-refractivity contribution in [2.45, 2.75) is 36.8 Å². The highest BCUT2D eigenvalue weighted by atomic mass is 19.4. The van der Waals surface area contributed by atoms with Gasteiger partial charge in [0.25, 0.3) is 0 Å². The van der Waals surface area contributed by atoms with E-state index in [0.29, 0.717) is 0 Å². The lowest BCUT2D eigenvalue weighted by molar-refractivity contribution is -0.256. The summed E-state index contributed by atoms with van der Waals surface area (Å²) >= 11 is 0. The van der Waals surface area contributed by atoms with E-state index in [1.807, 2.05) is 0 Å². The number of nitrogens with one attached hydrogen (secondary N) is 1. The third-order valence-corrected chi connectivity index (χ3v) is 2.46. The van der Waals surface area contributed by atoms with E-state index >= 15 is 0 Å². The molecule has 10 heteroatoms. The zero-order valence-electron chi connectivity index (χ0n) is 8.83. The number of hydrogen-bond acceptors (Lipinski definition) is 6. The molecule has 106 valence electrons. The summed E-state index contributed by atoms with van der Waals surface area (Å²) in [5.74, 6) is -2.39. The van der Waals surface area contributed by atoms with Crippen LogP contribution in [0.2, 0.25) is 0 Å². The van der Waals surface area contributed by atoms with E-state index in [2.05, 4.69) is 4.74 Å². The Morgan fingerprint density at radius 2 is 1.78 bits per heavy atom. The monoisotopic (exact) mass is 275 g/mol. The summed E-state index contributed by atoms with van der Waals surface area (Å²) in [6, 6.07) is -1.85. The van der Waals surface area contributed by atoms with Crippen LogP contribution in [-0.2, 0) is 9.53 Å². The van der Waals surface area contributed by atoms with Gasteiger partial charge in [0.2, 0.25) is 0 Å². The summed E-state index contributed by atoms with van der Waals surface area (Å²) in [5, 5.41) is 38.1. The van der Waals surface area contributed by atoms with Crippen molar-refractivity contribution in [2.24, 2.45) is 0 Å². The lowest BCUT2D eigenvalue weighted by Crippen LogP contribution is -2.65. The highest BCUT2D eigenvalue weighted by molar-refractivity contribution is 5.82. The molecule has 1 fully saturated rings. The fraction of sp³-hybridized carbons (Fsp3) is 0.875. The largest absolute Gasteiger partial charge is 0.471 e. The second-order valence-corrected chi connectivity index (χ2v) is 3.73. The zero-order valence-corrected chi connectivity index (χ0v) is 8.83. The number of alkyl halides is 3. The first kappa shape index (κ1) is 15.1. The summed E-state index contributed by atoms with van der Waals surface area (Å²) in [5.41, 5.74) is 0. The van der Waals surface area contributed by atoms with E-state index in [1.54, 1.807) is 0 Å². The van der Waals surface area contributed by atoms with Crippen LogP contribution >= 0.6 is 0 Å². The number of aliphatic hydroxyl groups excluding tert-OH is 4. The van der Waals surface area contributed by atoms with E-state index in [4.69, 9.17) is 5.11 Å². The Morgan fingerprint density at radius 3 is 2.22 bits per heavy atom. The van der Waals surface area contributed by atoms with Crippen LogP contribution in [0.4, 0.5) is 13.2 Å². The highest BCUT2D eigenvalue weighted by Gasteiger charge is 2.48. The second-order valence-electron chi connectivity index (χ2n) is 3.73. The molecule has 1 heterocycles. The van der Waals surface area contributed by atoms with Crippen LogP contribution in [0.15, 0.2) is 0 Å². The standard InChI is InChI=1S/C8H12F3NO6/c9-8(10,11)7(17)12-3-5(15)4(14)2(1-13)18-6(3)16/h2-6,13-16H,1H2,(H,12,17)/t2-,3+,4-,5-,6+/m1/s1. The Labute approximate surface area is 98.8 Å². The Bertz CT molecular complexity index is 312. The predicted molar refractivity (Wildman–Crippen MR) is 48.0 cm³/mol. The van der Waals surface area contributed by atoms with Gasteiger partial charge in [0.15, 0.2) is 6.29 Å². The molecule has 0 aromatic carbocycles. The van der Waals surface area contributed by atoms with Crippen molar-refractivity contribution in [2.75, 3.05) is 6.61 Å². The van der Waals surface area contributed by atoms with Crippen LogP contribution in [0.25, 0.3) is 0 Å². The number of amides is 1. The van der Waals surface area contributed by atoms with Crippen molar-refractivity contribution in [3.05, 3.63) is 0 Å². The lowest BCUT2D eigenvalue weighted by Gasteiger charge is -2.40. The summed E-state index contributed by atoms with van der Waals surface area (Å²) in [4.78, 5) is 10.6. The number of ether oxygens (including phenoxy) is 1. The van der Waals surface area contributed by atoms with Crippen LogP contribution in [0.5, 0.6) is 0 Å². The van der Waals surface area contributed by atoms with Gasteiger partial charge in [-0.2, -0.15) is 13.2 Å². The molecule has 0 spiro atoms. The maximum Gasteiger partial charge on any atom is 0.471 e. The summed E-state index contributed by atoms with van der Waals surface area (Å²) < 4.78 is 40.5. The van der Waals surface area contributed by atoms with Gasteiger partial charge < -0.3 is 30.5 Å². The van der Waals surface area contributed by atoms with Crippen molar-refractivity contribution in [3.8, 4) is 0 Å². The molecule has 0 radical (unpaired) electrons. The normalized spacial score (nSPS) is 37.4. The lowest BCUT2D eigenvalue weighted by atomic mass is 9.97. The number of carbonyl (C=O) groups excluding carboxylic acids is 1. The van der Waals surface area contributed by atoms with Gasteiger partial charge in [-0.25, -0.2) is 0 Å². The number of carbonyl (C=O) groups is 1. The van der Waals surface area contributed by atoms with Crippen molar-refractivity contribution < 1.29 is 43.1 Å². The van der Waals surface area contributed by atoms with Crippen LogP contribution in [0.3, 0.4) is 0 Å². The summed E-state index contributed by atoms with van der Waals surface area (Å²) in [6.07, 6.45) is -12.2. The number of halogens is 3. The van der Waals surface area contributed by atoms with Crippen LogP contribution in [0.1, 0.15) is 0 Å². The van der Waals surface area contributed by atoms with E-state index < -0.39 is 49.3 Å². The highest BCUT2D eigenvalue weighted by Crippen LogP contribution is 2.21. The molecule has 1 aliphatic heterocycles. The average Bonchev–Trinajstić information content (AvgIpc) is 2.27. The molecule has 5 N–H and O–H groups in total. The molecule has 0 bridgehead atoms. The fourth-order valence-corrected chi connectivity index (χ4v) is 1.49. The SMILES string of the molecule is O=C(N[C@H]1[C@@H](O)[C@H](O)[C@@H](CO)O[C@@H]1O)C(F)(F)F. The van der Waals surface area contributed by atoms with Gasteiger partial charge in [0.05, 0.1) is 6.61 Å². The van der Waals surface area contributed by atoms with Gasteiger partial charge >= 0.3 is 12.1 Å². The quantitative estimate of drug-likeness (QED) is 0.379. The smallest absolute Gasteiger partial charge is 0.394 e. The van der Waals surface area contributed by atoms with E-state index in [0.717, 1.165) is 0 Å². The Morgan fingerprint density at radius 1 is 1.22 bits per heavy atom. The third kappa shape index (κ3) is 3.09. The minimum atomic E-state index is -5.20. The molecule has 1 amide bonds. The zero-order chi connectivity index (χ0) is 14.1. The molecule has 5 atom stereocenters. The summed E-state index contributed by atoms with van der Waals surface area (Å²) in [7, 11) is 0. The third-order valence-electron chi connectivity index (χ3n) is 2.46. The van der Waals surface area contributed by atoms with Crippen molar-refractivity contribution in [3.63, 3.8) is 0 Å². The first-order valence-electron chi connectivity index (χ1n) is 4.86. The Kier molecular flexibility index (Phi) is 4.50. The second kappa shape index (κ2) is 5.36. The number of rotatable bonds is 2. The minimum Gasteiger partial charge on any atom is -0.394 e. The predicted octanol–water partition coefficient (Wildman–Crippen LogP) is -2.54. The minimum absolute atomic E-state index is 0.755. The van der Waals surface area contributed by atoms with Crippen molar-refractivity contribution >= 4 is 5.91 Å². The van der Waals surface area contributed by atoms with Gasteiger partial charge in [-0.15, -0.1) is 0 Å². The van der Waals surface area contributed by atoms with E-state index in [1.165, 1.54) is 5.32 Å². The first-order valence-corrected chi connectivity index (χ1v) is 4.86. The molecule has 0 unspecified atom stereocenters. The molecule has 0 aromatic heterocycles. The molecule has 18 heavy (non-hydrogen) atoms. The maximum absolute atomic E-state index is 12.0. The van der Waals surface area contributed by atoms with Gasteiger partial charge in [0, 0.05) is 0 Å². The van der Waals surface area contributed by atoms with Gasteiger partial charge in [-0.3, -0.25) is 4.79 Å². The van der Waals surface area contributed by atoms with Crippen LogP contribution in [0, 0.1) is 0 Å². The average molecular weight is 275 g/mol. The van der Waals surface area contributed by atoms with Crippen molar-refractivity contribution in [1.29, 1.82) is 0 Å². The Hall–Kier alpha value is -0.940. The molecule has 1 saturated heterocycles. The molecule has 1 rings (SSSR count). The van der Waals surface area contributed by atoms with Gasteiger partial charge in [-0.1, -0.05) is 0 Å². The fourth-order valence-electron chi connectivity index (χ4n) is 1.49. The maximum atomic E-state index is 12.0. The number of hydrogen-bond donors (Lipinski definition) is 5. The van der Waals surface area contributed by atoms with Crippen LogP contribution < -0.4 is 5.32 Å². The molecule has 7 nitrogen and oxygen atoms in total. The van der Waals surface area contributed by atoms with E-state index in [9.17, 15) is 33.3 Å². The topological polar surface area (TPSA) is 119 Å². The van der Waals surface area contributed by atoms with E-state index in [-0.39, 0.29) is 0 Å². The molecular formula is C8H12F3NO6. The summed E-state index contributed by atoms with van der Waals surface area (Å²) in [6.45, 7) is -0.755. The molecule has 0 aromatic rings. The van der Waals surface area contributed by atoms with Gasteiger partial charge in [0.1, 0.15) is 24.4 Å². The molecular weight excluding hydrogens is 263 g/mol. The van der Waals surface area contributed by atoms with Gasteiger partial charge in [-0.05, 0) is 0 Å². The van der Waals surface area contributed by atoms with Crippen LogP contribution in [-0.4, -0.2) is 69.8 Å². The molecule has 1 aliphatic rings.